The number of nitrogens with zero attached hydrogens (tertiary/aromatic N) is 3. The van der Waals surface area contributed by atoms with Crippen LogP contribution in [0, 0.1) is 17.1 Å². The SMILES string of the molecule is C=C1N(c2ccc(C#N)c(C(F)(F)F)c2)C(=O)C2(CCC2)N1c1ccc(C(=O)NC)c(F)c1. The Kier molecular flexibility index (Phi) is 5.16. The molecule has 2 fully saturated rings. The van der Waals surface area contributed by atoms with Gasteiger partial charge in [0.1, 0.15) is 17.2 Å². The second-order valence-corrected chi connectivity index (χ2v) is 7.86. The van der Waals surface area contributed by atoms with E-state index in [1.807, 2.05) is 0 Å². The topological polar surface area (TPSA) is 76.4 Å². The molecule has 0 atom stereocenters. The molecule has 33 heavy (non-hydrogen) atoms. The lowest BCUT2D eigenvalue weighted by Gasteiger charge is -2.43. The highest BCUT2D eigenvalue weighted by molar-refractivity contribution is 6.11. The van der Waals surface area contributed by atoms with Crippen LogP contribution in [0.3, 0.4) is 0 Å². The number of carbonyl (C=O) groups is 2. The Bertz CT molecular complexity index is 1230. The summed E-state index contributed by atoms with van der Waals surface area (Å²) in [4.78, 5) is 27.9. The molecule has 1 saturated carbocycles. The molecule has 1 aliphatic heterocycles. The van der Waals surface area contributed by atoms with Crippen molar-refractivity contribution < 1.29 is 27.2 Å². The van der Waals surface area contributed by atoms with Gasteiger partial charge in [-0.05, 0) is 55.7 Å². The third-order valence-corrected chi connectivity index (χ3v) is 6.10. The maximum absolute atomic E-state index is 14.7. The molecular weight excluding hydrogens is 440 g/mol. The Morgan fingerprint density at radius 3 is 2.36 bits per heavy atom. The van der Waals surface area contributed by atoms with Crippen LogP contribution >= 0.6 is 0 Å². The van der Waals surface area contributed by atoms with E-state index in [4.69, 9.17) is 5.26 Å². The summed E-state index contributed by atoms with van der Waals surface area (Å²) < 4.78 is 55.1. The van der Waals surface area contributed by atoms with Crippen molar-refractivity contribution in [2.24, 2.45) is 0 Å². The first kappa shape index (κ1) is 22.3. The predicted octanol–water partition coefficient (Wildman–Crippen LogP) is 4.32. The average Bonchev–Trinajstić information content (AvgIpc) is 2.98. The van der Waals surface area contributed by atoms with Crippen LogP contribution in [0.25, 0.3) is 0 Å². The molecular formula is C23H18F4N4O2. The van der Waals surface area contributed by atoms with Crippen molar-refractivity contribution in [2.75, 3.05) is 16.8 Å². The Labute approximate surface area is 186 Å². The van der Waals surface area contributed by atoms with Crippen LogP contribution in [0.1, 0.15) is 40.7 Å². The van der Waals surface area contributed by atoms with Crippen LogP contribution in [0.2, 0.25) is 0 Å². The number of halogens is 4. The van der Waals surface area contributed by atoms with Crippen LogP contribution in [0.15, 0.2) is 48.8 Å². The van der Waals surface area contributed by atoms with Gasteiger partial charge >= 0.3 is 6.18 Å². The van der Waals surface area contributed by atoms with Gasteiger partial charge in [0.15, 0.2) is 0 Å². The lowest BCUT2D eigenvalue weighted by atomic mass is 9.75. The predicted molar refractivity (Wildman–Crippen MR) is 112 cm³/mol. The summed E-state index contributed by atoms with van der Waals surface area (Å²) in [5.41, 5.74) is -2.85. The molecule has 170 valence electrons. The van der Waals surface area contributed by atoms with Crippen molar-refractivity contribution in [3.8, 4) is 6.07 Å². The van der Waals surface area contributed by atoms with E-state index in [1.54, 1.807) is 0 Å². The Morgan fingerprint density at radius 1 is 1.18 bits per heavy atom. The fourth-order valence-corrected chi connectivity index (χ4v) is 4.34. The van der Waals surface area contributed by atoms with Crippen molar-refractivity contribution in [1.29, 1.82) is 5.26 Å². The molecule has 4 rings (SSSR count). The number of rotatable bonds is 3. The molecule has 2 aliphatic rings. The largest absolute Gasteiger partial charge is 0.417 e. The quantitative estimate of drug-likeness (QED) is 0.695. The zero-order chi connectivity index (χ0) is 24.1. The van der Waals surface area contributed by atoms with E-state index in [-0.39, 0.29) is 22.8 Å². The van der Waals surface area contributed by atoms with E-state index in [0.29, 0.717) is 19.3 Å². The summed E-state index contributed by atoms with van der Waals surface area (Å²) in [6.45, 7) is 3.92. The molecule has 1 spiro atoms. The maximum atomic E-state index is 14.7. The molecule has 1 heterocycles. The van der Waals surface area contributed by atoms with Gasteiger partial charge in [0.2, 0.25) is 0 Å². The fourth-order valence-electron chi connectivity index (χ4n) is 4.34. The van der Waals surface area contributed by atoms with E-state index in [2.05, 4.69) is 11.9 Å². The van der Waals surface area contributed by atoms with Crippen LogP contribution in [0.4, 0.5) is 28.9 Å². The highest BCUT2D eigenvalue weighted by Gasteiger charge is 2.59. The molecule has 1 aliphatic carbocycles. The van der Waals surface area contributed by atoms with Gasteiger partial charge in [0, 0.05) is 12.7 Å². The first-order valence-corrected chi connectivity index (χ1v) is 10.0. The monoisotopic (exact) mass is 458 g/mol. The summed E-state index contributed by atoms with van der Waals surface area (Å²) in [7, 11) is 1.37. The highest BCUT2D eigenvalue weighted by Crippen LogP contribution is 2.51. The lowest BCUT2D eigenvalue weighted by Crippen LogP contribution is -2.54. The third kappa shape index (κ3) is 3.31. The highest BCUT2D eigenvalue weighted by atomic mass is 19.4. The van der Waals surface area contributed by atoms with Gasteiger partial charge in [-0.3, -0.25) is 14.5 Å². The molecule has 10 heteroatoms. The van der Waals surface area contributed by atoms with E-state index >= 15 is 0 Å². The van der Waals surface area contributed by atoms with E-state index < -0.39 is 40.5 Å². The minimum Gasteiger partial charge on any atom is -0.355 e. The van der Waals surface area contributed by atoms with Crippen LogP contribution in [0.5, 0.6) is 0 Å². The van der Waals surface area contributed by atoms with Gasteiger partial charge in [-0.15, -0.1) is 0 Å². The minimum absolute atomic E-state index is 0.0598. The normalized spacial score (nSPS) is 17.2. The number of benzene rings is 2. The molecule has 2 aromatic carbocycles. The zero-order valence-electron chi connectivity index (χ0n) is 17.5. The van der Waals surface area contributed by atoms with Crippen LogP contribution in [-0.4, -0.2) is 24.4 Å². The van der Waals surface area contributed by atoms with Crippen molar-refractivity contribution in [3.05, 3.63) is 71.3 Å². The van der Waals surface area contributed by atoms with Crippen LogP contribution < -0.4 is 15.1 Å². The second kappa shape index (κ2) is 7.62. The van der Waals surface area contributed by atoms with Gasteiger partial charge in [0.25, 0.3) is 11.8 Å². The van der Waals surface area contributed by atoms with Crippen molar-refractivity contribution in [1.82, 2.24) is 5.32 Å². The molecule has 0 aromatic heterocycles. The minimum atomic E-state index is -4.79. The van der Waals surface area contributed by atoms with Crippen molar-refractivity contribution >= 4 is 23.2 Å². The summed E-state index contributed by atoms with van der Waals surface area (Å²) in [5.74, 6) is -1.85. The summed E-state index contributed by atoms with van der Waals surface area (Å²) >= 11 is 0. The van der Waals surface area contributed by atoms with E-state index in [0.717, 1.165) is 23.1 Å². The molecule has 0 unspecified atom stereocenters. The van der Waals surface area contributed by atoms with E-state index in [1.165, 1.54) is 36.2 Å². The fraction of sp³-hybridized carbons (Fsp3) is 0.261. The van der Waals surface area contributed by atoms with E-state index in [9.17, 15) is 27.2 Å². The summed E-state index contributed by atoms with van der Waals surface area (Å²) in [6, 6.07) is 8.36. The number of hydrogen-bond acceptors (Lipinski definition) is 4. The van der Waals surface area contributed by atoms with Crippen molar-refractivity contribution in [2.45, 2.75) is 31.0 Å². The number of carbonyl (C=O) groups excluding carboxylic acids is 2. The molecule has 0 radical (unpaired) electrons. The second-order valence-electron chi connectivity index (χ2n) is 7.86. The smallest absolute Gasteiger partial charge is 0.355 e. The molecule has 0 bridgehead atoms. The van der Waals surface area contributed by atoms with Gasteiger partial charge in [-0.25, -0.2) is 4.39 Å². The Morgan fingerprint density at radius 2 is 1.85 bits per heavy atom. The van der Waals surface area contributed by atoms with Crippen molar-refractivity contribution in [3.63, 3.8) is 0 Å². The maximum Gasteiger partial charge on any atom is 0.417 e. The molecule has 2 aromatic rings. The summed E-state index contributed by atoms with van der Waals surface area (Å²) in [5, 5.41) is 11.4. The van der Waals surface area contributed by atoms with Gasteiger partial charge < -0.3 is 10.2 Å². The zero-order valence-corrected chi connectivity index (χ0v) is 17.5. The van der Waals surface area contributed by atoms with Crippen LogP contribution in [-0.2, 0) is 11.0 Å². The number of amides is 2. The number of alkyl halides is 3. The Balaban J connectivity index is 1.80. The number of nitrogens with one attached hydrogen (secondary N) is 1. The summed E-state index contributed by atoms with van der Waals surface area (Å²) in [6.07, 6.45) is -3.29. The van der Waals surface area contributed by atoms with Gasteiger partial charge in [-0.1, -0.05) is 6.58 Å². The first-order valence-electron chi connectivity index (χ1n) is 10.0. The van der Waals surface area contributed by atoms with Gasteiger partial charge in [-0.2, -0.15) is 18.4 Å². The molecule has 6 nitrogen and oxygen atoms in total. The number of hydrogen-bond donors (Lipinski definition) is 1. The molecule has 1 N–H and O–H groups in total. The average molecular weight is 458 g/mol. The number of nitriles is 1. The number of anilines is 2. The Hall–Kier alpha value is -3.87. The standard InChI is InChI=1S/C23H18F4N4O2/c1-13-30(15-5-4-14(12-28)18(10-15)23(25,26)27)21(33)22(8-3-9-22)31(13)16-6-7-17(19(24)11-16)20(32)29-2/h4-7,10-11H,1,3,8-9H2,2H3,(H,29,32). The van der Waals surface area contributed by atoms with Gasteiger partial charge in [0.05, 0.1) is 28.4 Å². The molecule has 2 amide bonds. The molecule has 1 saturated heterocycles. The lowest BCUT2D eigenvalue weighted by molar-refractivity contribution is -0.137. The first-order chi connectivity index (χ1) is 15.5. The third-order valence-electron chi connectivity index (χ3n) is 6.10.